The first kappa shape index (κ1) is 17.1. The lowest BCUT2D eigenvalue weighted by atomic mass is 10.0. The number of piperidine rings is 1. The minimum absolute atomic E-state index is 0.0272. The van der Waals surface area contributed by atoms with Gasteiger partial charge < -0.3 is 24.0 Å². The van der Waals surface area contributed by atoms with Gasteiger partial charge in [-0.15, -0.1) is 0 Å². The molecule has 2 atom stereocenters. The van der Waals surface area contributed by atoms with Crippen molar-refractivity contribution in [1.82, 2.24) is 4.90 Å². The molecule has 2 fully saturated rings. The Morgan fingerprint density at radius 2 is 2.12 bits per heavy atom. The second-order valence-corrected chi connectivity index (χ2v) is 6.95. The zero-order valence-corrected chi connectivity index (χ0v) is 15.0. The van der Waals surface area contributed by atoms with E-state index in [0.29, 0.717) is 31.2 Å². The Kier molecular flexibility index (Phi) is 4.72. The van der Waals surface area contributed by atoms with Gasteiger partial charge in [-0.1, -0.05) is 0 Å². The molecule has 0 N–H and O–H groups in total. The molecule has 3 aliphatic heterocycles. The molecule has 2 unspecified atom stereocenters. The molecule has 1 aromatic carbocycles. The van der Waals surface area contributed by atoms with Crippen LogP contribution in [0.2, 0.25) is 0 Å². The monoisotopic (exact) mass is 360 g/mol. The molecule has 140 valence electrons. The Bertz CT molecular complexity index is 705. The smallest absolute Gasteiger partial charge is 0.231 e. The van der Waals surface area contributed by atoms with Gasteiger partial charge in [-0.2, -0.15) is 0 Å². The molecular weight excluding hydrogens is 336 g/mol. The number of carbonyl (C=O) groups is 2. The third-order valence-electron chi connectivity index (χ3n) is 5.23. The predicted octanol–water partition coefficient (Wildman–Crippen LogP) is 1.80. The minimum atomic E-state index is -0.298. The Hall–Kier alpha value is -2.28. The number of amides is 2. The molecule has 1 aromatic rings. The van der Waals surface area contributed by atoms with E-state index in [2.05, 4.69) is 0 Å². The largest absolute Gasteiger partial charge is 0.454 e. The van der Waals surface area contributed by atoms with Crippen molar-refractivity contribution < 1.29 is 23.8 Å². The van der Waals surface area contributed by atoms with Crippen LogP contribution in [0.1, 0.15) is 26.2 Å². The number of rotatable bonds is 4. The van der Waals surface area contributed by atoms with E-state index >= 15 is 0 Å². The van der Waals surface area contributed by atoms with Gasteiger partial charge in [-0.3, -0.25) is 9.59 Å². The Morgan fingerprint density at radius 1 is 1.27 bits per heavy atom. The van der Waals surface area contributed by atoms with Crippen LogP contribution in [0.3, 0.4) is 0 Å². The van der Waals surface area contributed by atoms with Gasteiger partial charge in [0, 0.05) is 44.4 Å². The fraction of sp³-hybridized carbons (Fsp3) is 0.579. The number of ether oxygens (including phenoxy) is 3. The van der Waals surface area contributed by atoms with Gasteiger partial charge in [-0.25, -0.2) is 0 Å². The van der Waals surface area contributed by atoms with Gasteiger partial charge in [0.05, 0.1) is 12.0 Å². The van der Waals surface area contributed by atoms with Crippen LogP contribution >= 0.6 is 0 Å². The van der Waals surface area contributed by atoms with E-state index < -0.39 is 0 Å². The molecule has 0 spiro atoms. The van der Waals surface area contributed by atoms with Crippen LogP contribution in [0, 0.1) is 5.92 Å². The summed E-state index contributed by atoms with van der Waals surface area (Å²) in [5.41, 5.74) is 0.750. The molecule has 7 nitrogen and oxygen atoms in total. The van der Waals surface area contributed by atoms with E-state index in [-0.39, 0.29) is 37.0 Å². The van der Waals surface area contributed by atoms with E-state index in [1.165, 1.54) is 0 Å². The highest BCUT2D eigenvalue weighted by Crippen LogP contribution is 2.37. The maximum Gasteiger partial charge on any atom is 0.231 e. The fourth-order valence-corrected chi connectivity index (χ4v) is 3.94. The van der Waals surface area contributed by atoms with Gasteiger partial charge in [0.15, 0.2) is 11.5 Å². The SMILES string of the molecule is CCOC1CCCN(C(=O)C2CC(=O)N(c3ccc4c(c3)OCO4)C2)C1. The van der Waals surface area contributed by atoms with Gasteiger partial charge in [0.25, 0.3) is 0 Å². The van der Waals surface area contributed by atoms with Crippen LogP contribution in [-0.2, 0) is 14.3 Å². The number of hydrogen-bond donors (Lipinski definition) is 0. The zero-order chi connectivity index (χ0) is 18.1. The van der Waals surface area contributed by atoms with Crippen molar-refractivity contribution in [3.63, 3.8) is 0 Å². The highest BCUT2D eigenvalue weighted by Gasteiger charge is 2.38. The average Bonchev–Trinajstić information content (AvgIpc) is 3.27. The number of hydrogen-bond acceptors (Lipinski definition) is 5. The second-order valence-electron chi connectivity index (χ2n) is 6.95. The summed E-state index contributed by atoms with van der Waals surface area (Å²) in [4.78, 5) is 28.9. The molecule has 0 saturated carbocycles. The number of carbonyl (C=O) groups excluding carboxylic acids is 2. The summed E-state index contributed by atoms with van der Waals surface area (Å²) in [5.74, 6) is 1.06. The first-order valence-electron chi connectivity index (χ1n) is 9.26. The Morgan fingerprint density at radius 3 is 2.96 bits per heavy atom. The van der Waals surface area contributed by atoms with E-state index in [1.54, 1.807) is 17.0 Å². The molecule has 3 heterocycles. The van der Waals surface area contributed by atoms with Gasteiger partial charge in [0.1, 0.15) is 0 Å². The number of fused-ring (bicyclic) bond motifs is 1. The van der Waals surface area contributed by atoms with Crippen LogP contribution in [0.4, 0.5) is 5.69 Å². The minimum Gasteiger partial charge on any atom is -0.454 e. The summed E-state index contributed by atoms with van der Waals surface area (Å²) >= 11 is 0. The first-order valence-corrected chi connectivity index (χ1v) is 9.26. The van der Waals surface area contributed by atoms with Crippen molar-refractivity contribution >= 4 is 17.5 Å². The molecule has 0 aliphatic carbocycles. The number of benzene rings is 1. The van der Waals surface area contributed by atoms with Crippen molar-refractivity contribution in [3.8, 4) is 11.5 Å². The summed E-state index contributed by atoms with van der Waals surface area (Å²) < 4.78 is 16.4. The van der Waals surface area contributed by atoms with Crippen LogP contribution < -0.4 is 14.4 Å². The van der Waals surface area contributed by atoms with Crippen LogP contribution in [-0.4, -0.2) is 55.9 Å². The summed E-state index contributed by atoms with van der Waals surface area (Å²) in [6, 6.07) is 5.45. The Labute approximate surface area is 152 Å². The quantitative estimate of drug-likeness (QED) is 0.819. The molecule has 2 saturated heterocycles. The molecule has 26 heavy (non-hydrogen) atoms. The number of nitrogens with zero attached hydrogens (tertiary/aromatic N) is 2. The van der Waals surface area contributed by atoms with Crippen molar-refractivity contribution in [2.24, 2.45) is 5.92 Å². The van der Waals surface area contributed by atoms with Crippen molar-refractivity contribution in [3.05, 3.63) is 18.2 Å². The average molecular weight is 360 g/mol. The van der Waals surface area contributed by atoms with Crippen LogP contribution in [0.15, 0.2) is 18.2 Å². The number of likely N-dealkylation sites (tertiary alicyclic amines) is 1. The highest BCUT2D eigenvalue weighted by molar-refractivity contribution is 6.00. The van der Waals surface area contributed by atoms with Crippen molar-refractivity contribution in [1.29, 1.82) is 0 Å². The zero-order valence-electron chi connectivity index (χ0n) is 15.0. The molecule has 0 aromatic heterocycles. The second kappa shape index (κ2) is 7.15. The van der Waals surface area contributed by atoms with Gasteiger partial charge in [-0.05, 0) is 31.9 Å². The molecule has 2 amide bonds. The van der Waals surface area contributed by atoms with Gasteiger partial charge >= 0.3 is 0 Å². The lowest BCUT2D eigenvalue weighted by molar-refractivity contribution is -0.139. The maximum absolute atomic E-state index is 12.9. The van der Waals surface area contributed by atoms with E-state index in [9.17, 15) is 9.59 Å². The highest BCUT2D eigenvalue weighted by atomic mass is 16.7. The molecular formula is C19H24N2O5. The predicted molar refractivity (Wildman–Crippen MR) is 94.3 cm³/mol. The van der Waals surface area contributed by atoms with E-state index in [1.807, 2.05) is 17.9 Å². The third kappa shape index (κ3) is 3.23. The van der Waals surface area contributed by atoms with Gasteiger partial charge in [0.2, 0.25) is 18.6 Å². The van der Waals surface area contributed by atoms with E-state index in [0.717, 1.165) is 25.1 Å². The Balaban J connectivity index is 1.43. The van der Waals surface area contributed by atoms with Crippen LogP contribution in [0.25, 0.3) is 0 Å². The first-order chi connectivity index (χ1) is 12.7. The topological polar surface area (TPSA) is 68.3 Å². The molecule has 4 rings (SSSR count). The lowest BCUT2D eigenvalue weighted by Crippen LogP contribution is -2.46. The standard InChI is InChI=1S/C19H24N2O5/c1-2-24-15-4-3-7-20(11-15)19(23)13-8-18(22)21(10-13)14-5-6-16-17(9-14)26-12-25-16/h5-6,9,13,15H,2-4,7-8,10-12H2,1H3. The molecule has 0 bridgehead atoms. The normalized spacial score (nSPS) is 25.0. The van der Waals surface area contributed by atoms with Crippen molar-refractivity contribution in [2.75, 3.05) is 37.9 Å². The fourth-order valence-electron chi connectivity index (χ4n) is 3.94. The van der Waals surface area contributed by atoms with Crippen molar-refractivity contribution in [2.45, 2.75) is 32.3 Å². The summed E-state index contributed by atoms with van der Waals surface area (Å²) in [7, 11) is 0. The number of anilines is 1. The molecule has 7 heteroatoms. The summed E-state index contributed by atoms with van der Waals surface area (Å²) in [5, 5.41) is 0. The molecule has 0 radical (unpaired) electrons. The lowest BCUT2D eigenvalue weighted by Gasteiger charge is -2.34. The maximum atomic E-state index is 12.9. The molecule has 3 aliphatic rings. The van der Waals surface area contributed by atoms with Crippen LogP contribution in [0.5, 0.6) is 11.5 Å². The summed E-state index contributed by atoms with van der Waals surface area (Å²) in [6.07, 6.45) is 2.30. The summed E-state index contributed by atoms with van der Waals surface area (Å²) in [6.45, 7) is 4.61. The third-order valence-corrected chi connectivity index (χ3v) is 5.23. The van der Waals surface area contributed by atoms with E-state index in [4.69, 9.17) is 14.2 Å².